The van der Waals surface area contributed by atoms with Gasteiger partial charge in [0.05, 0.1) is 5.69 Å². The van der Waals surface area contributed by atoms with E-state index in [-0.39, 0.29) is 5.91 Å². The van der Waals surface area contributed by atoms with E-state index in [9.17, 15) is 9.59 Å². The van der Waals surface area contributed by atoms with E-state index < -0.39 is 12.0 Å². The van der Waals surface area contributed by atoms with Gasteiger partial charge in [-0.25, -0.2) is 4.98 Å². The number of carbonyl (C=O) groups excluding carboxylic acids is 2. The van der Waals surface area contributed by atoms with Crippen LogP contribution in [0.2, 0.25) is 0 Å². The molecule has 7 nitrogen and oxygen atoms in total. The molecule has 110 valence electrons. The van der Waals surface area contributed by atoms with Crippen molar-refractivity contribution in [2.24, 2.45) is 0 Å². The Kier molecular flexibility index (Phi) is 3.57. The maximum Gasteiger partial charge on any atom is 0.288 e. The molecule has 0 aromatic carbocycles. The topological polar surface area (TPSA) is 84.7 Å². The summed E-state index contributed by atoms with van der Waals surface area (Å²) in [5.41, 5.74) is 6.50. The number of nitrogens with one attached hydrogen (secondary N) is 2. The number of ether oxygens (including phenoxy) is 1. The number of amides is 2. The zero-order valence-electron chi connectivity index (χ0n) is 11.6. The second-order valence-corrected chi connectivity index (χ2v) is 4.92. The first-order valence-electron chi connectivity index (χ1n) is 6.82. The highest BCUT2D eigenvalue weighted by atomic mass is 16.5. The van der Waals surface area contributed by atoms with Gasteiger partial charge in [0, 0.05) is 12.8 Å². The summed E-state index contributed by atoms with van der Waals surface area (Å²) >= 11 is 0. The molecule has 2 aromatic rings. The minimum absolute atomic E-state index is 0.327. The van der Waals surface area contributed by atoms with Crippen LogP contribution in [0.3, 0.4) is 0 Å². The lowest BCUT2D eigenvalue weighted by Crippen LogP contribution is -2.46. The maximum atomic E-state index is 12.2. The Hall–Kier alpha value is -2.41. The summed E-state index contributed by atoms with van der Waals surface area (Å²) in [4.78, 5) is 28.3. The Morgan fingerprint density at radius 3 is 3.00 bits per heavy atom. The number of aromatic nitrogens is 2. The van der Waals surface area contributed by atoms with Crippen LogP contribution in [0.4, 0.5) is 0 Å². The molecule has 2 N–H and O–H groups in total. The number of nitrogens with zero attached hydrogens (tertiary/aromatic N) is 2. The summed E-state index contributed by atoms with van der Waals surface area (Å²) in [6.07, 6.45) is 2.81. The number of hydrogen-bond donors (Lipinski definition) is 2. The van der Waals surface area contributed by atoms with E-state index in [0.717, 1.165) is 6.42 Å². The molecule has 0 saturated carbocycles. The summed E-state index contributed by atoms with van der Waals surface area (Å²) in [7, 11) is 0. The standard InChI is InChI=1S/C14H16N4O3/c1-9-12(18-7-3-2-6-11(18)15-9)14(20)17-16-13(19)10-5-4-8-21-10/h2-3,6-7,10H,4-5,8H2,1H3,(H,16,19)(H,17,20). The highest BCUT2D eigenvalue weighted by molar-refractivity contribution is 5.96. The minimum Gasteiger partial charge on any atom is -0.368 e. The lowest BCUT2D eigenvalue weighted by atomic mass is 10.2. The van der Waals surface area contributed by atoms with Crippen LogP contribution in [-0.2, 0) is 9.53 Å². The molecule has 0 radical (unpaired) electrons. The predicted molar refractivity (Wildman–Crippen MR) is 74.5 cm³/mol. The monoisotopic (exact) mass is 288 g/mol. The van der Waals surface area contributed by atoms with Crippen LogP contribution < -0.4 is 10.9 Å². The fourth-order valence-corrected chi connectivity index (χ4v) is 2.43. The largest absolute Gasteiger partial charge is 0.368 e. The number of imidazole rings is 1. The van der Waals surface area contributed by atoms with Crippen LogP contribution in [0.25, 0.3) is 5.65 Å². The lowest BCUT2D eigenvalue weighted by Gasteiger charge is -2.11. The lowest BCUT2D eigenvalue weighted by molar-refractivity contribution is -0.130. The Morgan fingerprint density at radius 1 is 1.38 bits per heavy atom. The molecular formula is C14H16N4O3. The molecule has 1 atom stereocenters. The van der Waals surface area contributed by atoms with Gasteiger partial charge < -0.3 is 4.74 Å². The summed E-state index contributed by atoms with van der Waals surface area (Å²) in [5.74, 6) is -0.732. The summed E-state index contributed by atoms with van der Waals surface area (Å²) in [5, 5.41) is 0. The predicted octanol–water partition coefficient (Wildman–Crippen LogP) is 0.583. The van der Waals surface area contributed by atoms with Crippen molar-refractivity contribution < 1.29 is 14.3 Å². The average molecular weight is 288 g/mol. The zero-order valence-corrected chi connectivity index (χ0v) is 11.6. The fourth-order valence-electron chi connectivity index (χ4n) is 2.43. The van der Waals surface area contributed by atoms with Crippen molar-refractivity contribution in [2.45, 2.75) is 25.9 Å². The van der Waals surface area contributed by atoms with E-state index in [4.69, 9.17) is 4.74 Å². The second-order valence-electron chi connectivity index (χ2n) is 4.92. The van der Waals surface area contributed by atoms with Crippen molar-refractivity contribution in [1.82, 2.24) is 20.2 Å². The van der Waals surface area contributed by atoms with Crippen molar-refractivity contribution in [1.29, 1.82) is 0 Å². The number of rotatable bonds is 2. The second kappa shape index (κ2) is 5.53. The molecule has 3 rings (SSSR count). The highest BCUT2D eigenvalue weighted by Crippen LogP contribution is 2.12. The van der Waals surface area contributed by atoms with Crippen molar-refractivity contribution in [3.8, 4) is 0 Å². The van der Waals surface area contributed by atoms with Crippen molar-refractivity contribution in [3.05, 3.63) is 35.8 Å². The van der Waals surface area contributed by atoms with Crippen LogP contribution in [0.1, 0.15) is 29.0 Å². The van der Waals surface area contributed by atoms with E-state index >= 15 is 0 Å². The van der Waals surface area contributed by atoms with Gasteiger partial charge in [0.2, 0.25) is 0 Å². The van der Waals surface area contributed by atoms with Crippen molar-refractivity contribution in [2.75, 3.05) is 6.61 Å². The minimum atomic E-state index is -0.478. The molecule has 0 bridgehead atoms. The van der Waals surface area contributed by atoms with Gasteiger partial charge in [-0.1, -0.05) is 6.07 Å². The van der Waals surface area contributed by atoms with Gasteiger partial charge in [-0.15, -0.1) is 0 Å². The van der Waals surface area contributed by atoms with E-state index in [1.54, 1.807) is 17.5 Å². The molecule has 7 heteroatoms. The first kappa shape index (κ1) is 13.6. The number of pyridine rings is 1. The molecule has 0 aliphatic carbocycles. The fraction of sp³-hybridized carbons (Fsp3) is 0.357. The summed E-state index contributed by atoms with van der Waals surface area (Å²) < 4.78 is 6.93. The number of carbonyl (C=O) groups is 2. The van der Waals surface area contributed by atoms with Crippen molar-refractivity contribution in [3.63, 3.8) is 0 Å². The first-order valence-corrected chi connectivity index (χ1v) is 6.82. The zero-order chi connectivity index (χ0) is 14.8. The molecule has 2 aromatic heterocycles. The first-order chi connectivity index (χ1) is 10.2. The molecule has 1 aliphatic heterocycles. The Bertz CT molecular complexity index is 689. The molecule has 1 aliphatic rings. The van der Waals surface area contributed by atoms with Crippen LogP contribution in [0.15, 0.2) is 24.4 Å². The van der Waals surface area contributed by atoms with Gasteiger partial charge in [-0.05, 0) is 31.9 Å². The average Bonchev–Trinajstić information content (AvgIpc) is 3.10. The van der Waals surface area contributed by atoms with Crippen LogP contribution in [-0.4, -0.2) is 33.9 Å². The van der Waals surface area contributed by atoms with Gasteiger partial charge in [0.1, 0.15) is 17.4 Å². The van der Waals surface area contributed by atoms with E-state index in [0.29, 0.717) is 30.1 Å². The normalized spacial score (nSPS) is 17.9. The molecular weight excluding hydrogens is 272 g/mol. The third-order valence-corrected chi connectivity index (χ3v) is 3.44. The Balaban J connectivity index is 1.72. The summed E-state index contributed by atoms with van der Waals surface area (Å²) in [6.45, 7) is 2.34. The van der Waals surface area contributed by atoms with E-state index in [2.05, 4.69) is 15.8 Å². The number of aryl methyl sites for hydroxylation is 1. The third-order valence-electron chi connectivity index (χ3n) is 3.44. The maximum absolute atomic E-state index is 12.2. The quantitative estimate of drug-likeness (QED) is 0.792. The number of hydrazine groups is 1. The van der Waals surface area contributed by atoms with Crippen LogP contribution in [0, 0.1) is 6.92 Å². The SMILES string of the molecule is Cc1nc2ccccn2c1C(=O)NNC(=O)C1CCCO1. The smallest absolute Gasteiger partial charge is 0.288 e. The molecule has 3 heterocycles. The number of hydrogen-bond acceptors (Lipinski definition) is 4. The van der Waals surface area contributed by atoms with Crippen molar-refractivity contribution >= 4 is 17.5 Å². The molecule has 0 spiro atoms. The van der Waals surface area contributed by atoms with E-state index in [1.165, 1.54) is 0 Å². The molecule has 1 unspecified atom stereocenters. The van der Waals surface area contributed by atoms with Gasteiger partial charge in [0.25, 0.3) is 11.8 Å². The highest BCUT2D eigenvalue weighted by Gasteiger charge is 2.24. The third kappa shape index (κ3) is 2.59. The van der Waals surface area contributed by atoms with Gasteiger partial charge in [-0.2, -0.15) is 0 Å². The van der Waals surface area contributed by atoms with Crippen LogP contribution in [0.5, 0.6) is 0 Å². The van der Waals surface area contributed by atoms with E-state index in [1.807, 2.05) is 18.2 Å². The van der Waals surface area contributed by atoms with Gasteiger partial charge >= 0.3 is 0 Å². The Labute approximate surface area is 121 Å². The van der Waals surface area contributed by atoms with Gasteiger partial charge in [0.15, 0.2) is 0 Å². The molecule has 1 fully saturated rings. The Morgan fingerprint density at radius 2 is 2.24 bits per heavy atom. The summed E-state index contributed by atoms with van der Waals surface area (Å²) in [6, 6.07) is 5.48. The molecule has 1 saturated heterocycles. The van der Waals surface area contributed by atoms with Gasteiger partial charge in [-0.3, -0.25) is 24.8 Å². The molecule has 2 amide bonds. The number of fused-ring (bicyclic) bond motifs is 1. The molecule has 21 heavy (non-hydrogen) atoms. The van der Waals surface area contributed by atoms with Crippen LogP contribution >= 0.6 is 0 Å².